The van der Waals surface area contributed by atoms with Crippen molar-refractivity contribution in [2.45, 2.75) is 44.9 Å². The second kappa shape index (κ2) is 7.91. The Kier molecular flexibility index (Phi) is 6.17. The molecule has 0 fully saturated rings. The van der Waals surface area contributed by atoms with Crippen LogP contribution >= 0.6 is 15.9 Å². The van der Waals surface area contributed by atoms with E-state index in [-0.39, 0.29) is 16.5 Å². The summed E-state index contributed by atoms with van der Waals surface area (Å²) in [5.74, 6) is -0.0675. The Morgan fingerprint density at radius 2 is 1.87 bits per heavy atom. The Labute approximate surface area is 146 Å². The van der Waals surface area contributed by atoms with Gasteiger partial charge in [-0.15, -0.1) is 0 Å². The van der Waals surface area contributed by atoms with E-state index in [9.17, 15) is 9.59 Å². The highest BCUT2D eigenvalue weighted by atomic mass is 79.9. The van der Waals surface area contributed by atoms with Gasteiger partial charge in [0.2, 0.25) is 0 Å². The molecular formula is C19H24BrNO2. The van der Waals surface area contributed by atoms with Crippen LogP contribution in [0.4, 0.5) is 0 Å². The second-order valence-electron chi connectivity index (χ2n) is 6.06. The van der Waals surface area contributed by atoms with Crippen molar-refractivity contribution in [3.63, 3.8) is 0 Å². The molecule has 23 heavy (non-hydrogen) atoms. The van der Waals surface area contributed by atoms with Crippen LogP contribution in [0.1, 0.15) is 56.0 Å². The summed E-state index contributed by atoms with van der Waals surface area (Å²) >= 11 is 3.73. The zero-order chi connectivity index (χ0) is 17.0. The third-order valence-electron chi connectivity index (χ3n) is 4.42. The summed E-state index contributed by atoms with van der Waals surface area (Å²) in [5.41, 5.74) is 2.68. The molecule has 0 saturated heterocycles. The number of nitrogens with one attached hydrogen (secondary N) is 1. The maximum atomic E-state index is 12.8. The van der Waals surface area contributed by atoms with E-state index in [1.54, 1.807) is 6.07 Å². The molecule has 0 spiro atoms. The van der Waals surface area contributed by atoms with Crippen LogP contribution < -0.4 is 5.32 Å². The molecule has 1 aliphatic rings. The second-order valence-corrected chi connectivity index (χ2v) is 7.05. The normalized spacial score (nSPS) is 16.3. The van der Waals surface area contributed by atoms with Gasteiger partial charge in [0.1, 0.15) is 0 Å². The van der Waals surface area contributed by atoms with E-state index in [0.29, 0.717) is 23.6 Å². The van der Waals surface area contributed by atoms with Gasteiger partial charge in [0, 0.05) is 16.9 Å². The van der Waals surface area contributed by atoms with E-state index in [4.69, 9.17) is 0 Å². The zero-order valence-electron chi connectivity index (χ0n) is 14.0. The zero-order valence-corrected chi connectivity index (χ0v) is 15.6. The lowest BCUT2D eigenvalue weighted by Crippen LogP contribution is -2.29. The summed E-state index contributed by atoms with van der Waals surface area (Å²) in [6.07, 6.45) is 2.90. The van der Waals surface area contributed by atoms with E-state index in [1.165, 1.54) is 0 Å². The largest absolute Gasteiger partial charge is 0.352 e. The predicted octanol–water partition coefficient (Wildman–Crippen LogP) is 4.36. The minimum absolute atomic E-state index is 0.00738. The van der Waals surface area contributed by atoms with Crippen molar-refractivity contribution in [2.24, 2.45) is 5.92 Å². The fourth-order valence-electron chi connectivity index (χ4n) is 2.78. The highest BCUT2D eigenvalue weighted by molar-refractivity contribution is 9.09. The van der Waals surface area contributed by atoms with Crippen LogP contribution in [-0.4, -0.2) is 23.1 Å². The number of ketones is 1. The first-order valence-electron chi connectivity index (χ1n) is 8.33. The number of halogens is 1. The van der Waals surface area contributed by atoms with Crippen LogP contribution in [0.25, 0.3) is 5.57 Å². The molecule has 2 rings (SSSR count). The first kappa shape index (κ1) is 17.9. The van der Waals surface area contributed by atoms with Gasteiger partial charge in [-0.3, -0.25) is 9.59 Å². The molecule has 1 aromatic carbocycles. The van der Waals surface area contributed by atoms with Gasteiger partial charge in [-0.2, -0.15) is 0 Å². The SMILES string of the molecule is CCCCNC(=O)C1=C(C(Br)C(C)CC)c2ccccc2C1=O. The van der Waals surface area contributed by atoms with Crippen molar-refractivity contribution >= 4 is 33.2 Å². The molecule has 3 nitrogen and oxygen atoms in total. The number of carbonyl (C=O) groups is 2. The van der Waals surface area contributed by atoms with E-state index in [2.05, 4.69) is 42.0 Å². The topological polar surface area (TPSA) is 46.2 Å². The maximum Gasteiger partial charge on any atom is 0.255 e. The molecule has 0 bridgehead atoms. The summed E-state index contributed by atoms with van der Waals surface area (Å²) in [6, 6.07) is 7.50. The molecule has 0 saturated carbocycles. The Balaban J connectivity index is 2.44. The van der Waals surface area contributed by atoms with Gasteiger partial charge in [0.15, 0.2) is 5.78 Å². The highest BCUT2D eigenvalue weighted by Crippen LogP contribution is 2.40. The summed E-state index contributed by atoms with van der Waals surface area (Å²) < 4.78 is 0. The van der Waals surface area contributed by atoms with Crippen molar-refractivity contribution in [3.8, 4) is 0 Å². The molecule has 124 valence electrons. The molecule has 1 aromatic rings. The summed E-state index contributed by atoms with van der Waals surface area (Å²) in [7, 11) is 0. The van der Waals surface area contributed by atoms with Gasteiger partial charge in [-0.05, 0) is 23.5 Å². The molecule has 2 atom stereocenters. The van der Waals surface area contributed by atoms with Gasteiger partial charge in [-0.1, -0.05) is 73.8 Å². The van der Waals surface area contributed by atoms with Gasteiger partial charge >= 0.3 is 0 Å². The lowest BCUT2D eigenvalue weighted by Gasteiger charge is -2.20. The number of rotatable bonds is 7. The minimum Gasteiger partial charge on any atom is -0.352 e. The fourth-order valence-corrected chi connectivity index (χ4v) is 3.63. The number of benzene rings is 1. The van der Waals surface area contributed by atoms with Crippen LogP contribution in [-0.2, 0) is 4.79 Å². The maximum absolute atomic E-state index is 12.8. The Bertz CT molecular complexity index is 636. The van der Waals surface area contributed by atoms with Crippen molar-refractivity contribution < 1.29 is 9.59 Å². The van der Waals surface area contributed by atoms with E-state index >= 15 is 0 Å². The molecule has 0 aliphatic heterocycles. The first-order chi connectivity index (χ1) is 11.0. The van der Waals surface area contributed by atoms with Crippen LogP contribution in [0, 0.1) is 5.92 Å². The van der Waals surface area contributed by atoms with Crippen molar-refractivity contribution in [1.82, 2.24) is 5.32 Å². The number of Topliss-reactive ketones (excluding diaryl/α,β-unsaturated/α-hetero) is 1. The number of fused-ring (bicyclic) bond motifs is 1. The summed E-state index contributed by atoms with van der Waals surface area (Å²) in [6.45, 7) is 6.92. The Hall–Kier alpha value is -1.42. The molecule has 1 amide bonds. The molecular weight excluding hydrogens is 354 g/mol. The van der Waals surface area contributed by atoms with Crippen molar-refractivity contribution in [2.75, 3.05) is 6.54 Å². The third-order valence-corrected chi connectivity index (χ3v) is 5.78. The number of alkyl halides is 1. The highest BCUT2D eigenvalue weighted by Gasteiger charge is 2.37. The summed E-state index contributed by atoms with van der Waals surface area (Å²) in [5, 5.41) is 2.89. The molecule has 0 aromatic heterocycles. The van der Waals surface area contributed by atoms with E-state index in [1.807, 2.05) is 18.2 Å². The monoisotopic (exact) mass is 377 g/mol. The lowest BCUT2D eigenvalue weighted by atomic mass is 9.93. The number of hydrogen-bond donors (Lipinski definition) is 1. The van der Waals surface area contributed by atoms with Crippen LogP contribution in [0.5, 0.6) is 0 Å². The molecule has 1 aliphatic carbocycles. The van der Waals surface area contributed by atoms with Crippen LogP contribution in [0.2, 0.25) is 0 Å². The van der Waals surface area contributed by atoms with Crippen LogP contribution in [0.15, 0.2) is 29.8 Å². The molecule has 4 heteroatoms. The molecule has 1 N–H and O–H groups in total. The van der Waals surface area contributed by atoms with Crippen LogP contribution in [0.3, 0.4) is 0 Å². The van der Waals surface area contributed by atoms with Gasteiger partial charge in [0.25, 0.3) is 5.91 Å². The number of hydrogen-bond acceptors (Lipinski definition) is 2. The lowest BCUT2D eigenvalue weighted by molar-refractivity contribution is -0.117. The number of allylic oxidation sites excluding steroid dienone is 1. The van der Waals surface area contributed by atoms with E-state index < -0.39 is 0 Å². The van der Waals surface area contributed by atoms with Crippen molar-refractivity contribution in [3.05, 3.63) is 41.0 Å². The number of carbonyl (C=O) groups excluding carboxylic acids is 2. The van der Waals surface area contributed by atoms with Gasteiger partial charge in [0.05, 0.1) is 5.57 Å². The predicted molar refractivity (Wildman–Crippen MR) is 97.8 cm³/mol. The Morgan fingerprint density at radius 3 is 2.48 bits per heavy atom. The number of unbranched alkanes of at least 4 members (excludes halogenated alkanes) is 1. The van der Waals surface area contributed by atoms with Crippen molar-refractivity contribution in [1.29, 1.82) is 0 Å². The minimum atomic E-state index is -0.248. The smallest absolute Gasteiger partial charge is 0.255 e. The average molecular weight is 378 g/mol. The Morgan fingerprint density at radius 1 is 1.22 bits per heavy atom. The molecule has 2 unspecified atom stereocenters. The van der Waals surface area contributed by atoms with Gasteiger partial charge in [-0.25, -0.2) is 0 Å². The average Bonchev–Trinajstić information content (AvgIpc) is 2.87. The fraction of sp³-hybridized carbons (Fsp3) is 0.474. The van der Waals surface area contributed by atoms with Gasteiger partial charge < -0.3 is 5.32 Å². The first-order valence-corrected chi connectivity index (χ1v) is 9.24. The molecule has 0 radical (unpaired) electrons. The molecule has 0 heterocycles. The summed E-state index contributed by atoms with van der Waals surface area (Å²) in [4.78, 5) is 25.4. The standard InChI is InChI=1S/C19H24BrNO2/c1-4-6-11-21-19(23)16-15(17(20)12(3)5-2)13-9-7-8-10-14(13)18(16)22/h7-10,12,17H,4-6,11H2,1-3H3,(H,21,23). The van der Waals surface area contributed by atoms with E-state index in [0.717, 1.165) is 30.4 Å². The third kappa shape index (κ3) is 3.57. The number of amides is 1. The quantitative estimate of drug-likeness (QED) is 0.435.